The van der Waals surface area contributed by atoms with Crippen molar-refractivity contribution in [3.63, 3.8) is 0 Å². The molecule has 2 aromatic heterocycles. The first-order chi connectivity index (χ1) is 45.8. The number of amides is 3. The molecule has 0 unspecified atom stereocenters. The molecular weight excluding hydrogens is 1450 g/mol. The number of nitriles is 2. The van der Waals surface area contributed by atoms with Gasteiger partial charge in [0.2, 0.25) is 23.6 Å². The van der Waals surface area contributed by atoms with Gasteiger partial charge in [-0.1, -0.05) is 11.6 Å². The lowest BCUT2D eigenvalue weighted by atomic mass is 10.1. The van der Waals surface area contributed by atoms with Gasteiger partial charge in [-0.05, 0) is 92.3 Å². The van der Waals surface area contributed by atoms with Crippen molar-refractivity contribution in [2.24, 2.45) is 40.9 Å². The molecule has 7 aromatic rings. The van der Waals surface area contributed by atoms with Crippen molar-refractivity contribution in [1.29, 1.82) is 10.5 Å². The van der Waals surface area contributed by atoms with Crippen molar-refractivity contribution in [3.05, 3.63) is 82.4 Å². The minimum absolute atomic E-state index is 0.0395. The van der Waals surface area contributed by atoms with Crippen molar-refractivity contribution in [2.75, 3.05) is 58.4 Å². The number of halogens is 1. The summed E-state index contributed by atoms with van der Waals surface area (Å²) in [6, 6.07) is 15.2. The average Bonchev–Trinajstić information content (AvgIpc) is 1.55. The van der Waals surface area contributed by atoms with Crippen LogP contribution in [0.3, 0.4) is 0 Å². The molecule has 0 aliphatic carbocycles. The van der Waals surface area contributed by atoms with Gasteiger partial charge in [-0.2, -0.15) is 52.6 Å². The van der Waals surface area contributed by atoms with Crippen LogP contribution in [-0.2, 0) is 65.0 Å². The van der Waals surface area contributed by atoms with Crippen LogP contribution in [0.4, 0.5) is 62.6 Å². The van der Waals surface area contributed by atoms with Crippen molar-refractivity contribution in [1.82, 2.24) is 9.38 Å². The van der Waals surface area contributed by atoms with Crippen molar-refractivity contribution < 1.29 is 93.8 Å². The molecule has 0 saturated carbocycles. The van der Waals surface area contributed by atoms with Crippen LogP contribution in [0.15, 0.2) is 121 Å². The topological polar surface area (TPSA) is 562 Å². The van der Waals surface area contributed by atoms with E-state index in [1.165, 1.54) is 43.3 Å². The maximum atomic E-state index is 12.9. The predicted octanol–water partition coefficient (Wildman–Crippen LogP) is 11.3. The predicted molar refractivity (Wildman–Crippen MR) is 355 cm³/mol. The SMILES string of the molecule is COc1ccc2nc3c(C#N)c(C)c(N=Nc4cc(NC(C)=O)c(N=Nc5cc(NC(C)=O)c(N=Nc6cc(NC(C)=O)c(N=Nc7cc(S(=O)(=O)O)c(Cl)cc7C#N)cc6SCCCS(=O)(=O)O)cc5SCCCS(=O)(=O)O)cc4OCCCS(=O)(=O)O)c(O)n3c2c1S(=O)(=O)O. The Morgan fingerprint density at radius 3 is 1.50 bits per heavy atom. The number of pyridine rings is 1. The Morgan fingerprint density at radius 2 is 1.05 bits per heavy atom. The highest BCUT2D eigenvalue weighted by Crippen LogP contribution is 2.47. The minimum atomic E-state index is -5.14. The number of hydrogen-bond acceptors (Lipinski definition) is 29. The Labute approximate surface area is 570 Å². The zero-order chi connectivity index (χ0) is 72.4. The summed E-state index contributed by atoms with van der Waals surface area (Å²) in [5, 5.41) is 73.4. The fourth-order valence-electron chi connectivity index (χ4n) is 8.70. The first kappa shape index (κ1) is 76.2. The van der Waals surface area contributed by atoms with Crippen molar-refractivity contribution >= 4 is 183 Å². The molecule has 0 atom stereocenters. The van der Waals surface area contributed by atoms with Crippen molar-refractivity contribution in [2.45, 2.75) is 66.5 Å². The van der Waals surface area contributed by atoms with Gasteiger partial charge < -0.3 is 30.5 Å². The number of anilines is 3. The number of azo groups is 4. The molecule has 0 saturated heterocycles. The highest BCUT2D eigenvalue weighted by molar-refractivity contribution is 7.99. The number of nitrogens with zero attached hydrogens (tertiary/aromatic N) is 12. The van der Waals surface area contributed by atoms with Gasteiger partial charge in [-0.15, -0.1) is 64.4 Å². The van der Waals surface area contributed by atoms with E-state index in [9.17, 15) is 94.9 Å². The van der Waals surface area contributed by atoms with Crippen LogP contribution < -0.4 is 25.4 Å². The third kappa shape index (κ3) is 20.2. The van der Waals surface area contributed by atoms with Crippen molar-refractivity contribution in [3.8, 4) is 29.5 Å². The number of methoxy groups -OCH3 is 1. The number of benzene rings is 5. The van der Waals surface area contributed by atoms with E-state index in [0.717, 1.165) is 80.1 Å². The van der Waals surface area contributed by atoms with Gasteiger partial charge in [0.1, 0.15) is 79.4 Å². The van der Waals surface area contributed by atoms with E-state index in [2.05, 4.69) is 61.8 Å². The maximum absolute atomic E-state index is 12.9. The summed E-state index contributed by atoms with van der Waals surface area (Å²) in [6.45, 7) is 4.22. The number of rotatable bonds is 29. The van der Waals surface area contributed by atoms with Gasteiger partial charge >= 0.3 is 0 Å². The van der Waals surface area contributed by atoms with Crippen LogP contribution in [0.5, 0.6) is 17.4 Å². The fourth-order valence-corrected chi connectivity index (χ4v) is 14.3. The summed E-state index contributed by atoms with van der Waals surface area (Å²) >= 11 is 7.87. The van der Waals surface area contributed by atoms with E-state index >= 15 is 0 Å². The van der Waals surface area contributed by atoms with Gasteiger partial charge in [0.25, 0.3) is 50.6 Å². The molecule has 3 amide bonds. The summed E-state index contributed by atoms with van der Waals surface area (Å²) in [5.74, 6) is -5.91. The highest BCUT2D eigenvalue weighted by atomic mass is 35.5. The lowest BCUT2D eigenvalue weighted by Gasteiger charge is -2.14. The van der Waals surface area contributed by atoms with E-state index in [0.29, 0.717) is 0 Å². The van der Waals surface area contributed by atoms with Gasteiger partial charge in [-0.3, -0.25) is 41.5 Å². The molecule has 5 aromatic carbocycles. The van der Waals surface area contributed by atoms with Crippen LogP contribution in [-0.4, -0.2) is 140 Å². The second-order valence-corrected chi connectivity index (χ2v) is 30.3. The van der Waals surface area contributed by atoms with Crippen LogP contribution in [0.1, 0.15) is 56.7 Å². The molecule has 7 rings (SSSR count). The molecule has 36 nitrogen and oxygen atoms in total. The lowest BCUT2D eigenvalue weighted by Crippen LogP contribution is -2.09. The molecule has 0 bridgehead atoms. The zero-order valence-corrected chi connectivity index (χ0v) is 57.5. The van der Waals surface area contributed by atoms with Crippen LogP contribution in [0.2, 0.25) is 5.02 Å². The summed E-state index contributed by atoms with van der Waals surface area (Å²) in [7, 11) is -22.5. The Hall–Kier alpha value is -9.22. The molecular formula is C54H52ClN15O21S7. The molecule has 0 aliphatic heterocycles. The molecule has 0 aliphatic rings. The van der Waals surface area contributed by atoms with Crippen LogP contribution in [0.25, 0.3) is 16.7 Å². The standard InChI is InChI=1S/C54H52ClN15O21S7/c1-27-32(26-57)53-61-34-9-10-45(90-5)52(98(87,88)89)51(34)70(53)54(74)50(27)69-66-42-18-36(58-28(2)71)39(21-46(42)91-11-6-14-94(75,76)77)63-67-43-20-38(60-30(4)73)41(23-48(43)93-13-8-16-96(81,82)83)65-68-44-19-37(59-29(3)72)40(22-47(44)92-12-7-15-95(78,79)80)64-62-35-24-49(97(84,85)86)33(55)17-31(35)25-56/h9-10,17-24,74H,6-8,11-16H2,1-5H3,(H,58,71)(H,59,72)(H,60,73)(H,75,76,77)(H,78,79,80)(H,81,82,83)(H,84,85,86)(H,87,88,89). The number of hydrogen-bond donors (Lipinski definition) is 9. The molecule has 0 fully saturated rings. The highest BCUT2D eigenvalue weighted by Gasteiger charge is 2.29. The number of imidazole rings is 1. The van der Waals surface area contributed by atoms with Crippen LogP contribution in [0, 0.1) is 29.6 Å². The Morgan fingerprint density at radius 1 is 0.592 bits per heavy atom. The van der Waals surface area contributed by atoms with E-state index in [1.54, 1.807) is 6.07 Å². The molecule has 44 heteroatoms. The molecule has 0 radical (unpaired) electrons. The molecule has 9 N–H and O–H groups in total. The summed E-state index contributed by atoms with van der Waals surface area (Å²) < 4.78 is 181. The fraction of sp³-hybridized carbons (Fsp3) is 0.259. The quantitative estimate of drug-likeness (QED) is 0.00910. The maximum Gasteiger partial charge on any atom is 0.300 e. The molecule has 518 valence electrons. The normalized spacial score (nSPS) is 12.5. The van der Waals surface area contributed by atoms with Gasteiger partial charge in [0.15, 0.2) is 16.2 Å². The summed E-state index contributed by atoms with van der Waals surface area (Å²) in [6.07, 6.45) is -0.651. The second-order valence-electron chi connectivity index (χ2n) is 20.2. The zero-order valence-electron chi connectivity index (χ0n) is 51.0. The average molecular weight is 1510 g/mol. The Bertz CT molecular complexity index is 5240. The summed E-state index contributed by atoms with van der Waals surface area (Å²) in [5.41, 5.74) is -3.89. The van der Waals surface area contributed by atoms with Gasteiger partial charge in [0.05, 0.1) is 64.1 Å². The number of fused-ring (bicyclic) bond motifs is 3. The number of aromatic hydroxyl groups is 1. The van der Waals surface area contributed by atoms with E-state index in [1.807, 2.05) is 6.07 Å². The van der Waals surface area contributed by atoms with Gasteiger partial charge in [-0.25, -0.2) is 4.98 Å². The summed E-state index contributed by atoms with van der Waals surface area (Å²) in [4.78, 5) is 41.4. The number of ether oxygens (including phenoxy) is 2. The Balaban J connectivity index is 1.41. The molecule has 2 heterocycles. The number of aromatic nitrogens is 2. The van der Waals surface area contributed by atoms with Gasteiger partial charge in [0, 0.05) is 42.2 Å². The number of thioether (sulfide) groups is 2. The molecule has 0 spiro atoms. The number of nitrogens with one attached hydrogen (secondary N) is 3. The minimum Gasteiger partial charge on any atom is -0.495 e. The number of carbonyl (C=O) groups excluding carboxylic acids is 3. The smallest absolute Gasteiger partial charge is 0.300 e. The first-order valence-electron chi connectivity index (χ1n) is 27.4. The first-order valence-corrected chi connectivity index (χ1v) is 37.5. The van der Waals surface area contributed by atoms with E-state index in [4.69, 9.17) is 21.1 Å². The number of carbonyl (C=O) groups is 3. The van der Waals surface area contributed by atoms with E-state index < -0.39 is 130 Å². The molecule has 98 heavy (non-hydrogen) atoms. The third-order valence-corrected chi connectivity index (χ3v) is 19.7. The lowest BCUT2D eigenvalue weighted by molar-refractivity contribution is -0.115. The van der Waals surface area contributed by atoms with E-state index in [-0.39, 0.29) is 131 Å². The largest absolute Gasteiger partial charge is 0.495 e. The second kappa shape index (κ2) is 31.5. The van der Waals surface area contributed by atoms with Crippen LogP contribution >= 0.6 is 35.1 Å². The monoisotopic (exact) mass is 1510 g/mol. The third-order valence-electron chi connectivity index (χ3n) is 12.8. The Kier molecular flexibility index (Phi) is 24.5.